The molecule has 9 atom stereocenters. The first-order chi connectivity index (χ1) is 25.9. The van der Waals surface area contributed by atoms with Gasteiger partial charge in [0.05, 0.1) is 18.8 Å². The van der Waals surface area contributed by atoms with E-state index in [1.165, 1.54) is 122 Å². The van der Waals surface area contributed by atoms with E-state index in [0.717, 1.165) is 38.5 Å². The number of phosphoric acid groups is 1. The molecule has 0 aromatic heterocycles. The summed E-state index contributed by atoms with van der Waals surface area (Å²) in [5.41, 5.74) is 0. The van der Waals surface area contributed by atoms with E-state index in [9.17, 15) is 44.9 Å². The first-order valence-electron chi connectivity index (χ1n) is 22.0. The van der Waals surface area contributed by atoms with Gasteiger partial charge in [-0.15, -0.1) is 0 Å². The van der Waals surface area contributed by atoms with Gasteiger partial charge in [0.25, 0.3) is 0 Å². The third kappa shape index (κ3) is 24.2. The van der Waals surface area contributed by atoms with Gasteiger partial charge in [0, 0.05) is 6.42 Å². The lowest BCUT2D eigenvalue weighted by Crippen LogP contribution is -2.64. The highest BCUT2D eigenvalue weighted by molar-refractivity contribution is 7.47. The van der Waals surface area contributed by atoms with Crippen molar-refractivity contribution in [1.82, 2.24) is 5.32 Å². The highest BCUT2D eigenvalue weighted by atomic mass is 31.2. The Kier molecular flexibility index (Phi) is 30.7. The van der Waals surface area contributed by atoms with Crippen LogP contribution in [0.2, 0.25) is 0 Å². The van der Waals surface area contributed by atoms with Crippen LogP contribution in [0.15, 0.2) is 0 Å². The molecule has 322 valence electrons. The summed E-state index contributed by atoms with van der Waals surface area (Å²) in [6.07, 6.45) is 20.0. The monoisotopic (exact) mass is 796 g/mol. The second-order valence-corrected chi connectivity index (χ2v) is 17.3. The molecule has 0 aromatic rings. The fraction of sp³-hybridized carbons (Fsp3) is 0.976. The molecule has 1 aliphatic carbocycles. The Morgan fingerprint density at radius 2 is 0.889 bits per heavy atom. The van der Waals surface area contributed by atoms with Gasteiger partial charge in [-0.2, -0.15) is 0 Å². The van der Waals surface area contributed by atoms with Crippen molar-refractivity contribution < 1.29 is 53.9 Å². The first-order valence-corrected chi connectivity index (χ1v) is 23.5. The van der Waals surface area contributed by atoms with Crippen LogP contribution in [0.25, 0.3) is 0 Å². The minimum Gasteiger partial charge on any atom is -0.391 e. The second kappa shape index (κ2) is 32.3. The molecular weight excluding hydrogens is 713 g/mol. The van der Waals surface area contributed by atoms with Crippen molar-refractivity contribution in [2.24, 2.45) is 0 Å². The molecule has 0 saturated heterocycles. The van der Waals surface area contributed by atoms with E-state index < -0.39 is 63.2 Å². The van der Waals surface area contributed by atoms with Gasteiger partial charge in [-0.1, -0.05) is 181 Å². The van der Waals surface area contributed by atoms with Crippen molar-refractivity contribution in [2.45, 2.75) is 249 Å². The molecule has 0 spiro atoms. The third-order valence-electron chi connectivity index (χ3n) is 10.9. The van der Waals surface area contributed by atoms with Gasteiger partial charge in [0.1, 0.15) is 36.6 Å². The Bertz CT molecular complexity index is 931. The molecule has 8 N–H and O–H groups in total. The number of carbonyl (C=O) groups excluding carboxylic acids is 1. The van der Waals surface area contributed by atoms with Gasteiger partial charge in [0.15, 0.2) is 0 Å². The summed E-state index contributed by atoms with van der Waals surface area (Å²) in [5, 5.41) is 63.9. The number of hydrogen-bond donors (Lipinski definition) is 8. The van der Waals surface area contributed by atoms with Crippen LogP contribution in [-0.2, 0) is 18.4 Å². The van der Waals surface area contributed by atoms with Gasteiger partial charge in [0.2, 0.25) is 5.91 Å². The summed E-state index contributed by atoms with van der Waals surface area (Å²) in [6, 6.07) is -1.02. The number of hydrogen-bond acceptors (Lipinski definition) is 10. The number of nitrogens with one attached hydrogen (secondary N) is 1. The van der Waals surface area contributed by atoms with Crippen LogP contribution in [0.5, 0.6) is 0 Å². The maximum absolute atomic E-state index is 12.9. The molecule has 1 fully saturated rings. The second-order valence-electron chi connectivity index (χ2n) is 15.9. The summed E-state index contributed by atoms with van der Waals surface area (Å²) in [5.74, 6) is -0.306. The van der Waals surface area contributed by atoms with Crippen molar-refractivity contribution in [2.75, 3.05) is 6.61 Å². The Morgan fingerprint density at radius 1 is 0.556 bits per heavy atom. The Labute approximate surface area is 327 Å². The van der Waals surface area contributed by atoms with Crippen LogP contribution >= 0.6 is 7.82 Å². The molecule has 13 heteroatoms. The zero-order chi connectivity index (χ0) is 40.0. The molecule has 12 nitrogen and oxygen atoms in total. The van der Waals surface area contributed by atoms with Crippen LogP contribution in [0, 0.1) is 0 Å². The van der Waals surface area contributed by atoms with Crippen molar-refractivity contribution in [1.29, 1.82) is 0 Å². The highest BCUT2D eigenvalue weighted by Gasteiger charge is 2.51. The van der Waals surface area contributed by atoms with Crippen LogP contribution in [0.1, 0.15) is 200 Å². The summed E-state index contributed by atoms with van der Waals surface area (Å²) in [6.45, 7) is 3.87. The topological polar surface area (TPSA) is 206 Å². The first kappa shape index (κ1) is 51.4. The van der Waals surface area contributed by atoms with Gasteiger partial charge < -0.3 is 40.8 Å². The largest absolute Gasteiger partial charge is 0.472 e. The summed E-state index contributed by atoms with van der Waals surface area (Å²) >= 11 is 0. The molecule has 0 aliphatic heterocycles. The van der Waals surface area contributed by atoms with E-state index >= 15 is 0 Å². The minimum absolute atomic E-state index is 0.242. The summed E-state index contributed by atoms with van der Waals surface area (Å²) < 4.78 is 22.9. The number of unbranched alkanes of at least 4 members (excludes halogenated alkanes) is 25. The fourth-order valence-electron chi connectivity index (χ4n) is 7.26. The van der Waals surface area contributed by atoms with Gasteiger partial charge >= 0.3 is 7.82 Å². The third-order valence-corrected chi connectivity index (χ3v) is 11.9. The van der Waals surface area contributed by atoms with Crippen LogP contribution in [0.3, 0.4) is 0 Å². The predicted octanol–water partition coefficient (Wildman–Crippen LogP) is 7.51. The Balaban J connectivity index is 2.47. The van der Waals surface area contributed by atoms with E-state index in [-0.39, 0.29) is 12.3 Å². The lowest BCUT2D eigenvalue weighted by molar-refractivity contribution is -0.220. The lowest BCUT2D eigenvalue weighted by atomic mass is 9.85. The van der Waals surface area contributed by atoms with Crippen molar-refractivity contribution in [3.63, 3.8) is 0 Å². The van der Waals surface area contributed by atoms with E-state index in [2.05, 4.69) is 19.2 Å². The molecule has 0 heterocycles. The Hall–Kier alpha value is -0.660. The number of aliphatic hydroxyl groups excluding tert-OH is 6. The van der Waals surface area contributed by atoms with Crippen LogP contribution < -0.4 is 5.32 Å². The average Bonchev–Trinajstić information content (AvgIpc) is 3.15. The van der Waals surface area contributed by atoms with E-state index in [1.807, 2.05) is 0 Å². The summed E-state index contributed by atoms with van der Waals surface area (Å²) in [4.78, 5) is 23.3. The van der Waals surface area contributed by atoms with Crippen molar-refractivity contribution >= 4 is 13.7 Å². The SMILES string of the molecule is CCCCCCCCCCCCCCCCCCC(=O)N[C@@H](COP(=O)(O)OC1C(O)C(O)C(O)[C@@H](O)C1O)[C@H](O)CCCCCCCCCCCCC. The zero-order valence-electron chi connectivity index (χ0n) is 34.0. The predicted molar refractivity (Wildman–Crippen MR) is 214 cm³/mol. The minimum atomic E-state index is -5.04. The van der Waals surface area contributed by atoms with Gasteiger partial charge in [-0.25, -0.2) is 4.57 Å². The number of phosphoric ester groups is 1. The molecule has 1 saturated carbocycles. The highest BCUT2D eigenvalue weighted by Crippen LogP contribution is 2.47. The maximum atomic E-state index is 12.9. The van der Waals surface area contributed by atoms with Crippen LogP contribution in [0.4, 0.5) is 0 Å². The fourth-order valence-corrected chi connectivity index (χ4v) is 8.23. The molecule has 0 radical (unpaired) electrons. The van der Waals surface area contributed by atoms with Gasteiger partial charge in [-0.05, 0) is 12.8 Å². The number of carbonyl (C=O) groups is 1. The molecule has 6 unspecified atom stereocenters. The number of aliphatic hydroxyl groups is 6. The normalized spacial score (nSPS) is 23.9. The van der Waals surface area contributed by atoms with Crippen molar-refractivity contribution in [3.8, 4) is 0 Å². The smallest absolute Gasteiger partial charge is 0.391 e. The van der Waals surface area contributed by atoms with Crippen LogP contribution in [-0.4, -0.2) is 96.8 Å². The quantitative estimate of drug-likeness (QED) is 0.0230. The molecule has 1 amide bonds. The van der Waals surface area contributed by atoms with E-state index in [1.54, 1.807) is 0 Å². The molecular formula is C41H82NO11P. The summed E-state index contributed by atoms with van der Waals surface area (Å²) in [7, 11) is -5.04. The number of amides is 1. The lowest BCUT2D eigenvalue weighted by Gasteiger charge is -2.41. The van der Waals surface area contributed by atoms with E-state index in [0.29, 0.717) is 19.3 Å². The van der Waals surface area contributed by atoms with Crippen molar-refractivity contribution in [3.05, 3.63) is 0 Å². The number of rotatable bonds is 36. The molecule has 1 aliphatic rings. The molecule has 1 rings (SSSR count). The molecule has 54 heavy (non-hydrogen) atoms. The standard InChI is InChI=1S/C41H82NO11P/c1-3-5-7-9-11-13-15-16-17-18-19-21-23-25-27-29-31-35(44)42-33(34(43)30-28-26-24-22-20-14-12-10-8-6-4-2)32-52-54(50,51)53-41-39(48)37(46)36(45)38(47)40(41)49/h33-34,36-41,43,45-49H,3-32H2,1-2H3,(H,42,44)(H,50,51)/t33-,34+,36?,37+,38?,39?,40?,41?/m0/s1. The zero-order valence-corrected chi connectivity index (χ0v) is 34.9. The van der Waals surface area contributed by atoms with E-state index in [4.69, 9.17) is 9.05 Å². The maximum Gasteiger partial charge on any atom is 0.472 e. The average molecular weight is 796 g/mol. The van der Waals surface area contributed by atoms with Gasteiger partial charge in [-0.3, -0.25) is 13.8 Å². The Morgan fingerprint density at radius 3 is 1.28 bits per heavy atom. The molecule has 0 bridgehead atoms. The molecule has 0 aromatic carbocycles.